The fourth-order valence-corrected chi connectivity index (χ4v) is 4.47. The van der Waals surface area contributed by atoms with Gasteiger partial charge in [0.2, 0.25) is 0 Å². The van der Waals surface area contributed by atoms with Gasteiger partial charge in [0.05, 0.1) is 20.8 Å². The molecule has 1 aliphatic rings. The van der Waals surface area contributed by atoms with Gasteiger partial charge in [-0.05, 0) is 6.26 Å². The van der Waals surface area contributed by atoms with Gasteiger partial charge in [-0.3, -0.25) is 13.4 Å². The van der Waals surface area contributed by atoms with Gasteiger partial charge in [-0.15, -0.1) is 0 Å². The Hall–Kier alpha value is 1.84. The van der Waals surface area contributed by atoms with Crippen LogP contribution in [0.3, 0.4) is 0 Å². The number of thioether (sulfide) groups is 1. The molecule has 32 heavy (non-hydrogen) atoms. The Labute approximate surface area is 251 Å². The van der Waals surface area contributed by atoms with Crippen LogP contribution in [0.5, 0.6) is 0 Å². The smallest absolute Gasteiger partial charge is 0.790 e. The molecule has 4 N–H and O–H groups in total. The number of aliphatic hydroxyl groups is 2. The molecule has 0 amide bonds. The number of aromatic nitrogens is 4. The Morgan fingerprint density at radius 1 is 1.22 bits per heavy atom. The van der Waals surface area contributed by atoms with Crippen LogP contribution in [0.25, 0.3) is 11.2 Å². The molecule has 0 spiro atoms. The quantitative estimate of drug-likeness (QED) is 0.128. The van der Waals surface area contributed by atoms with Crippen LogP contribution in [-0.4, -0.2) is 60.9 Å². The zero-order chi connectivity index (χ0) is 21.6. The molecule has 0 radical (unpaired) electrons. The van der Waals surface area contributed by atoms with E-state index in [0.717, 1.165) is 0 Å². The topological polar surface area (TPSA) is 241 Å². The van der Waals surface area contributed by atoms with Crippen LogP contribution in [0.2, 0.25) is 0 Å². The Kier molecular flexibility index (Phi) is 14.2. The Bertz CT molecular complexity index is 1010. The fraction of sp³-hybridized carbons (Fsp3) is 0.545. The van der Waals surface area contributed by atoms with Crippen molar-refractivity contribution in [1.82, 2.24) is 19.5 Å². The van der Waals surface area contributed by atoms with Gasteiger partial charge in [0, 0.05) is 0 Å². The van der Waals surface area contributed by atoms with E-state index in [9.17, 15) is 34.0 Å². The summed E-state index contributed by atoms with van der Waals surface area (Å²) in [5.74, 6) is 0.0788. The molecular formula is C11H14N5Na3O10P2S. The fourth-order valence-electron chi connectivity index (χ4n) is 2.60. The van der Waals surface area contributed by atoms with Crippen molar-refractivity contribution in [2.24, 2.45) is 0 Å². The van der Waals surface area contributed by atoms with Crippen molar-refractivity contribution in [3.8, 4) is 0 Å². The van der Waals surface area contributed by atoms with Gasteiger partial charge >= 0.3 is 88.7 Å². The molecule has 1 aliphatic heterocycles. The summed E-state index contributed by atoms with van der Waals surface area (Å²) in [5, 5.41) is 20.7. The van der Waals surface area contributed by atoms with Crippen molar-refractivity contribution in [2.45, 2.75) is 29.7 Å². The molecule has 2 unspecified atom stereocenters. The summed E-state index contributed by atoms with van der Waals surface area (Å²) in [6.45, 7) is -0.935. The Morgan fingerprint density at radius 3 is 2.41 bits per heavy atom. The number of phosphoric ester groups is 1. The number of hydrogen-bond donors (Lipinski definition) is 3. The van der Waals surface area contributed by atoms with E-state index in [0.29, 0.717) is 5.16 Å². The number of nitrogens with zero attached hydrogens (tertiary/aromatic N) is 4. The number of rotatable bonds is 7. The number of phosphoric acid groups is 2. The monoisotopic (exact) mass is 539 g/mol. The van der Waals surface area contributed by atoms with Gasteiger partial charge in [-0.25, -0.2) is 15.0 Å². The van der Waals surface area contributed by atoms with E-state index < -0.39 is 46.8 Å². The molecule has 0 bridgehead atoms. The van der Waals surface area contributed by atoms with E-state index in [1.807, 2.05) is 0 Å². The van der Waals surface area contributed by atoms with Gasteiger partial charge in [0.1, 0.15) is 23.8 Å². The molecule has 0 saturated carbocycles. The van der Waals surface area contributed by atoms with Gasteiger partial charge in [0.25, 0.3) is 7.82 Å². The van der Waals surface area contributed by atoms with Crippen molar-refractivity contribution < 1.29 is 136 Å². The molecule has 15 nitrogen and oxygen atoms in total. The van der Waals surface area contributed by atoms with E-state index in [1.54, 1.807) is 6.26 Å². The summed E-state index contributed by atoms with van der Waals surface area (Å²) in [4.78, 5) is 44.5. The summed E-state index contributed by atoms with van der Waals surface area (Å²) < 4.78 is 36.0. The van der Waals surface area contributed by atoms with E-state index >= 15 is 0 Å². The molecule has 2 aromatic heterocycles. The number of nitrogens with two attached hydrogens (primary N) is 1. The maximum absolute atomic E-state index is 11.3. The molecule has 1 saturated heterocycles. The molecule has 3 rings (SSSR count). The third kappa shape index (κ3) is 8.18. The number of aliphatic hydroxyl groups excluding tert-OH is 2. The minimum absolute atomic E-state index is 0. The SMILES string of the molecule is CSc1nc(N)c2ncn([C@@H]3O[C@H](COP(=O)([O-])OP(=O)([O-])[O-])C(O)[C@H]3O)c2n1.[Na+].[Na+].[Na+]. The number of imidazole rings is 1. The summed E-state index contributed by atoms with van der Waals surface area (Å²) in [5.41, 5.74) is 6.22. The zero-order valence-electron chi connectivity index (χ0n) is 17.4. The van der Waals surface area contributed by atoms with Crippen LogP contribution in [0, 0.1) is 0 Å². The number of fused-ring (bicyclic) bond motifs is 1. The van der Waals surface area contributed by atoms with Gasteiger partial charge in [0.15, 0.2) is 22.8 Å². The maximum Gasteiger partial charge on any atom is 1.00 e. The summed E-state index contributed by atoms with van der Waals surface area (Å²) in [6.07, 6.45) is -2.93. The molecule has 2 aromatic rings. The second kappa shape index (κ2) is 13.4. The van der Waals surface area contributed by atoms with Crippen molar-refractivity contribution >= 4 is 44.4 Å². The zero-order valence-corrected chi connectivity index (χ0v) is 26.0. The second-order valence-corrected chi connectivity index (χ2v) is 9.21. The van der Waals surface area contributed by atoms with Gasteiger partial charge in [-0.2, -0.15) is 0 Å². The first-order chi connectivity index (χ1) is 13.4. The number of ether oxygens (including phenoxy) is 1. The summed E-state index contributed by atoms with van der Waals surface area (Å²) in [7, 11) is -11.4. The van der Waals surface area contributed by atoms with Crippen molar-refractivity contribution in [2.75, 3.05) is 18.6 Å². The molecule has 3 heterocycles. The third-order valence-corrected chi connectivity index (χ3v) is 6.43. The normalized spacial score (nSPS) is 24.8. The van der Waals surface area contributed by atoms with Crippen LogP contribution in [-0.2, 0) is 22.7 Å². The Balaban J connectivity index is 0.00000320. The number of nitrogen functional groups attached to an aromatic ring is 1. The first-order valence-electron chi connectivity index (χ1n) is 7.66. The average molecular weight is 539 g/mol. The van der Waals surface area contributed by atoms with E-state index in [1.165, 1.54) is 22.7 Å². The van der Waals surface area contributed by atoms with Crippen LogP contribution < -0.4 is 109 Å². The molecule has 21 heteroatoms. The molecule has 0 aromatic carbocycles. The maximum atomic E-state index is 11.3. The molecule has 5 atom stereocenters. The predicted molar refractivity (Wildman–Crippen MR) is 89.7 cm³/mol. The van der Waals surface area contributed by atoms with Crippen LogP contribution in [0.4, 0.5) is 5.82 Å². The van der Waals surface area contributed by atoms with E-state index in [-0.39, 0.29) is 106 Å². The molecular weight excluding hydrogens is 525 g/mol. The van der Waals surface area contributed by atoms with Gasteiger partial charge < -0.3 is 44.5 Å². The Morgan fingerprint density at radius 2 is 1.84 bits per heavy atom. The van der Waals surface area contributed by atoms with Crippen LogP contribution in [0.15, 0.2) is 11.5 Å². The van der Waals surface area contributed by atoms with E-state index in [4.69, 9.17) is 10.5 Å². The van der Waals surface area contributed by atoms with Crippen LogP contribution in [0.1, 0.15) is 6.23 Å². The number of hydrogen-bond acceptors (Lipinski definition) is 15. The van der Waals surface area contributed by atoms with Crippen molar-refractivity contribution in [1.29, 1.82) is 0 Å². The predicted octanol–water partition coefficient (Wildman–Crippen LogP) is -11.9. The number of anilines is 1. The standard InChI is InChI=1S/C11H17N5O10P2S.3Na/c1-29-11-14-8(12)5-9(15-11)16(3-13-5)10-7(18)6(17)4(25-10)2-24-28(22,23)26-27(19,20)21;;;/h3-4,6-7,10,17-18H,2H2,1H3,(H,22,23)(H2,12,14,15)(H2,19,20,21);;;/q;3*+1/p-3/t4-,6?,7-,10-;;;/m1.../s1. The summed E-state index contributed by atoms with van der Waals surface area (Å²) in [6, 6.07) is 0. The van der Waals surface area contributed by atoms with E-state index in [2.05, 4.69) is 23.8 Å². The minimum Gasteiger partial charge on any atom is -0.790 e. The minimum atomic E-state index is -5.86. The van der Waals surface area contributed by atoms with Crippen LogP contribution >= 0.6 is 27.4 Å². The third-order valence-electron chi connectivity index (χ3n) is 3.82. The van der Waals surface area contributed by atoms with Crippen molar-refractivity contribution in [3.63, 3.8) is 0 Å². The largest absolute Gasteiger partial charge is 1.00 e. The molecule has 1 fully saturated rings. The van der Waals surface area contributed by atoms with Gasteiger partial charge in [-0.1, -0.05) is 11.8 Å². The average Bonchev–Trinajstić information content (AvgIpc) is 3.13. The summed E-state index contributed by atoms with van der Waals surface area (Å²) >= 11 is 1.20. The molecule has 162 valence electrons. The van der Waals surface area contributed by atoms with Crippen molar-refractivity contribution in [3.05, 3.63) is 6.33 Å². The first-order valence-corrected chi connectivity index (χ1v) is 11.8. The first kappa shape index (κ1) is 33.8. The second-order valence-electron chi connectivity index (χ2n) is 5.74. The molecule has 0 aliphatic carbocycles.